The third-order valence-electron chi connectivity index (χ3n) is 2.96. The Hall–Kier alpha value is -0.570. The summed E-state index contributed by atoms with van der Waals surface area (Å²) < 4.78 is 0. The number of hydrogen-bond donors (Lipinski definition) is 2. The molecule has 14 heavy (non-hydrogen) atoms. The predicted molar refractivity (Wildman–Crippen MR) is 57.9 cm³/mol. The van der Waals surface area contributed by atoms with E-state index >= 15 is 0 Å². The summed E-state index contributed by atoms with van der Waals surface area (Å²) in [4.78, 5) is 10.8. The van der Waals surface area contributed by atoms with Crippen LogP contribution in [-0.2, 0) is 4.79 Å². The highest BCUT2D eigenvalue weighted by molar-refractivity contribution is 5.74. The average Bonchev–Trinajstić information content (AvgIpc) is 2.50. The van der Waals surface area contributed by atoms with Crippen LogP contribution in [0.15, 0.2) is 0 Å². The van der Waals surface area contributed by atoms with Gasteiger partial charge in [-0.2, -0.15) is 0 Å². The lowest BCUT2D eigenvalue weighted by Crippen LogP contribution is -2.44. The van der Waals surface area contributed by atoms with E-state index in [2.05, 4.69) is 5.32 Å². The highest BCUT2D eigenvalue weighted by Crippen LogP contribution is 2.24. The van der Waals surface area contributed by atoms with Crippen LogP contribution in [0.2, 0.25) is 0 Å². The fraction of sp³-hybridized carbons (Fsp3) is 0.909. The molecule has 1 fully saturated rings. The van der Waals surface area contributed by atoms with Gasteiger partial charge in [0, 0.05) is 12.0 Å². The van der Waals surface area contributed by atoms with Gasteiger partial charge in [0.25, 0.3) is 0 Å². The maximum absolute atomic E-state index is 10.8. The molecule has 1 aliphatic rings. The molecule has 3 heteroatoms. The molecule has 0 heterocycles. The van der Waals surface area contributed by atoms with Crippen LogP contribution in [0.25, 0.3) is 0 Å². The summed E-state index contributed by atoms with van der Waals surface area (Å²) in [5.74, 6) is 0.580. The Morgan fingerprint density at radius 1 is 1.43 bits per heavy atom. The van der Waals surface area contributed by atoms with E-state index in [0.29, 0.717) is 6.42 Å². The van der Waals surface area contributed by atoms with E-state index in [1.54, 1.807) is 0 Å². The molecule has 0 spiro atoms. The average molecular weight is 198 g/mol. The van der Waals surface area contributed by atoms with Crippen molar-refractivity contribution in [3.05, 3.63) is 0 Å². The number of nitrogens with two attached hydrogens (primary N) is 1. The molecule has 0 unspecified atom stereocenters. The zero-order valence-electron chi connectivity index (χ0n) is 9.31. The molecular weight excluding hydrogens is 176 g/mol. The number of rotatable bonds is 5. The molecule has 0 bridgehead atoms. The summed E-state index contributed by atoms with van der Waals surface area (Å²) >= 11 is 0. The first-order valence-electron chi connectivity index (χ1n) is 5.53. The molecule has 0 atom stereocenters. The summed E-state index contributed by atoms with van der Waals surface area (Å²) in [7, 11) is 0. The van der Waals surface area contributed by atoms with Crippen molar-refractivity contribution in [2.45, 2.75) is 51.5 Å². The maximum atomic E-state index is 10.8. The van der Waals surface area contributed by atoms with Gasteiger partial charge in [-0.05, 0) is 39.2 Å². The van der Waals surface area contributed by atoms with Gasteiger partial charge < -0.3 is 11.1 Å². The molecule has 1 saturated carbocycles. The first-order valence-corrected chi connectivity index (χ1v) is 5.53. The van der Waals surface area contributed by atoms with Gasteiger partial charge in [-0.3, -0.25) is 4.79 Å². The van der Waals surface area contributed by atoms with Crippen molar-refractivity contribution < 1.29 is 4.79 Å². The van der Waals surface area contributed by atoms with Gasteiger partial charge >= 0.3 is 0 Å². The zero-order valence-corrected chi connectivity index (χ0v) is 9.31. The summed E-state index contributed by atoms with van der Waals surface area (Å²) in [6.45, 7) is 5.10. The zero-order chi connectivity index (χ0) is 10.6. The first-order chi connectivity index (χ1) is 6.49. The number of carbonyl (C=O) groups is 1. The summed E-state index contributed by atoms with van der Waals surface area (Å²) in [5, 5.41) is 3.43. The Labute approximate surface area is 86.4 Å². The molecule has 0 saturated heterocycles. The second-order valence-corrected chi connectivity index (χ2v) is 5.06. The van der Waals surface area contributed by atoms with Crippen LogP contribution in [0.1, 0.15) is 46.0 Å². The fourth-order valence-corrected chi connectivity index (χ4v) is 2.13. The van der Waals surface area contributed by atoms with E-state index < -0.39 is 0 Å². The third-order valence-corrected chi connectivity index (χ3v) is 2.96. The summed E-state index contributed by atoms with van der Waals surface area (Å²) in [6.07, 6.45) is 5.81. The van der Waals surface area contributed by atoms with Crippen molar-refractivity contribution in [3.8, 4) is 0 Å². The van der Waals surface area contributed by atoms with Gasteiger partial charge in [0.2, 0.25) is 5.91 Å². The molecule has 82 valence electrons. The van der Waals surface area contributed by atoms with Gasteiger partial charge in [0.15, 0.2) is 0 Å². The van der Waals surface area contributed by atoms with E-state index in [-0.39, 0.29) is 11.4 Å². The molecule has 0 radical (unpaired) electrons. The van der Waals surface area contributed by atoms with Gasteiger partial charge in [0.05, 0.1) is 0 Å². The van der Waals surface area contributed by atoms with Crippen molar-refractivity contribution in [2.24, 2.45) is 11.7 Å². The van der Waals surface area contributed by atoms with Crippen LogP contribution < -0.4 is 11.1 Å². The van der Waals surface area contributed by atoms with Crippen LogP contribution >= 0.6 is 0 Å². The van der Waals surface area contributed by atoms with E-state index in [1.807, 2.05) is 13.8 Å². The topological polar surface area (TPSA) is 55.1 Å². The lowest BCUT2D eigenvalue weighted by molar-refractivity contribution is -0.119. The molecule has 3 N–H and O–H groups in total. The largest absolute Gasteiger partial charge is 0.370 e. The van der Waals surface area contributed by atoms with E-state index in [4.69, 9.17) is 5.73 Å². The normalized spacial score (nSPS) is 18.7. The highest BCUT2D eigenvalue weighted by atomic mass is 16.1. The molecule has 0 aromatic rings. The monoisotopic (exact) mass is 198 g/mol. The Morgan fingerprint density at radius 2 is 2.00 bits per heavy atom. The van der Waals surface area contributed by atoms with Crippen molar-refractivity contribution in [2.75, 3.05) is 6.54 Å². The standard InChI is InChI=1S/C11H22N2O/c1-11(2,7-10(12)14)13-8-9-5-3-4-6-9/h9,13H,3-8H2,1-2H3,(H2,12,14). The highest BCUT2D eigenvalue weighted by Gasteiger charge is 2.22. The van der Waals surface area contributed by atoms with Crippen molar-refractivity contribution in [3.63, 3.8) is 0 Å². The molecule has 0 aromatic carbocycles. The number of hydrogen-bond acceptors (Lipinski definition) is 2. The number of carbonyl (C=O) groups excluding carboxylic acids is 1. The van der Waals surface area contributed by atoms with Crippen LogP contribution in [0, 0.1) is 5.92 Å². The number of nitrogens with one attached hydrogen (secondary N) is 1. The van der Waals surface area contributed by atoms with Crippen molar-refractivity contribution in [1.29, 1.82) is 0 Å². The number of amides is 1. The molecule has 1 amide bonds. The Balaban J connectivity index is 2.23. The fourth-order valence-electron chi connectivity index (χ4n) is 2.13. The second-order valence-electron chi connectivity index (χ2n) is 5.06. The van der Waals surface area contributed by atoms with E-state index in [1.165, 1.54) is 25.7 Å². The quantitative estimate of drug-likeness (QED) is 0.702. The van der Waals surface area contributed by atoms with E-state index in [0.717, 1.165) is 12.5 Å². The van der Waals surface area contributed by atoms with Gasteiger partial charge in [0.1, 0.15) is 0 Å². The minimum Gasteiger partial charge on any atom is -0.370 e. The third kappa shape index (κ3) is 4.09. The Bertz CT molecular complexity index is 195. The van der Waals surface area contributed by atoms with E-state index in [9.17, 15) is 4.79 Å². The van der Waals surface area contributed by atoms with Crippen LogP contribution in [0.5, 0.6) is 0 Å². The minimum atomic E-state index is -0.228. The molecule has 0 aliphatic heterocycles. The van der Waals surface area contributed by atoms with Crippen LogP contribution in [0.4, 0.5) is 0 Å². The second kappa shape index (κ2) is 4.78. The van der Waals surface area contributed by atoms with Crippen molar-refractivity contribution in [1.82, 2.24) is 5.32 Å². The summed E-state index contributed by atoms with van der Waals surface area (Å²) in [5.41, 5.74) is 5.04. The molecule has 1 aliphatic carbocycles. The molecular formula is C11H22N2O. The van der Waals surface area contributed by atoms with Gasteiger partial charge in [-0.15, -0.1) is 0 Å². The van der Waals surface area contributed by atoms with Crippen LogP contribution in [-0.4, -0.2) is 18.0 Å². The molecule has 3 nitrogen and oxygen atoms in total. The van der Waals surface area contributed by atoms with Gasteiger partial charge in [-0.25, -0.2) is 0 Å². The number of primary amides is 1. The van der Waals surface area contributed by atoms with Crippen molar-refractivity contribution >= 4 is 5.91 Å². The molecule has 1 rings (SSSR count). The first kappa shape index (κ1) is 11.5. The van der Waals surface area contributed by atoms with Gasteiger partial charge in [-0.1, -0.05) is 12.8 Å². The maximum Gasteiger partial charge on any atom is 0.219 e. The minimum absolute atomic E-state index is 0.144. The lowest BCUT2D eigenvalue weighted by atomic mass is 9.98. The molecule has 0 aromatic heterocycles. The predicted octanol–water partition coefficient (Wildman–Crippen LogP) is 1.42. The summed E-state index contributed by atoms with van der Waals surface area (Å²) in [6, 6.07) is 0. The SMILES string of the molecule is CC(C)(CC(N)=O)NCC1CCCC1. The smallest absolute Gasteiger partial charge is 0.219 e. The van der Waals surface area contributed by atoms with Crippen LogP contribution in [0.3, 0.4) is 0 Å². The Morgan fingerprint density at radius 3 is 2.50 bits per heavy atom. The Kier molecular flexibility index (Phi) is 3.93. The lowest BCUT2D eigenvalue weighted by Gasteiger charge is -2.26.